The number of hydrogen-bond acceptors (Lipinski definition) is 2. The fraction of sp³-hybridized carbons (Fsp3) is 0.188. The van der Waals surface area contributed by atoms with E-state index in [2.05, 4.69) is 31.0 Å². The van der Waals surface area contributed by atoms with Crippen LogP contribution in [0.3, 0.4) is 0 Å². The standard InChI is InChI=1S/C16H16ClN3/c1-10-7-14-15(8-11(10)2)20(16(18)19-14)9-12-5-3-4-6-13(12)17/h3-8H,9H2,1-2H3,(H2,18,19). The predicted octanol–water partition coefficient (Wildman–Crippen LogP) is 3.94. The second kappa shape index (κ2) is 4.84. The van der Waals surface area contributed by atoms with E-state index in [9.17, 15) is 0 Å². The minimum Gasteiger partial charge on any atom is -0.369 e. The van der Waals surface area contributed by atoms with Crippen molar-refractivity contribution in [3.63, 3.8) is 0 Å². The molecule has 0 radical (unpaired) electrons. The van der Waals surface area contributed by atoms with Crippen LogP contribution < -0.4 is 5.73 Å². The molecule has 0 saturated carbocycles. The second-order valence-corrected chi connectivity index (χ2v) is 5.48. The van der Waals surface area contributed by atoms with Crippen molar-refractivity contribution in [2.45, 2.75) is 20.4 Å². The highest BCUT2D eigenvalue weighted by molar-refractivity contribution is 6.31. The van der Waals surface area contributed by atoms with Crippen molar-refractivity contribution in [1.29, 1.82) is 0 Å². The topological polar surface area (TPSA) is 43.8 Å². The molecule has 20 heavy (non-hydrogen) atoms. The Morgan fingerprint density at radius 3 is 2.60 bits per heavy atom. The Bertz CT molecular complexity index is 790. The predicted molar refractivity (Wildman–Crippen MR) is 84.2 cm³/mol. The fourth-order valence-electron chi connectivity index (χ4n) is 2.36. The van der Waals surface area contributed by atoms with Crippen LogP contribution in [-0.4, -0.2) is 9.55 Å². The van der Waals surface area contributed by atoms with Gasteiger partial charge in [0.15, 0.2) is 0 Å². The summed E-state index contributed by atoms with van der Waals surface area (Å²) in [6.45, 7) is 4.81. The molecule has 0 amide bonds. The molecule has 0 spiro atoms. The number of nitrogens with zero attached hydrogens (tertiary/aromatic N) is 2. The third-order valence-electron chi connectivity index (χ3n) is 3.68. The first-order valence-electron chi connectivity index (χ1n) is 6.52. The first-order valence-corrected chi connectivity index (χ1v) is 6.90. The van der Waals surface area contributed by atoms with Gasteiger partial charge in [-0.1, -0.05) is 29.8 Å². The maximum absolute atomic E-state index is 6.23. The maximum atomic E-state index is 6.23. The van der Waals surface area contributed by atoms with Gasteiger partial charge in [0.1, 0.15) is 0 Å². The van der Waals surface area contributed by atoms with Crippen LogP contribution in [0, 0.1) is 13.8 Å². The molecule has 0 bridgehead atoms. The largest absolute Gasteiger partial charge is 0.369 e. The van der Waals surface area contributed by atoms with Gasteiger partial charge in [-0.15, -0.1) is 0 Å². The number of benzene rings is 2. The number of aromatic nitrogens is 2. The number of imidazole rings is 1. The molecule has 3 nitrogen and oxygen atoms in total. The van der Waals surface area contributed by atoms with Gasteiger partial charge in [0.05, 0.1) is 17.6 Å². The smallest absolute Gasteiger partial charge is 0.201 e. The van der Waals surface area contributed by atoms with E-state index in [4.69, 9.17) is 17.3 Å². The van der Waals surface area contributed by atoms with Gasteiger partial charge in [0, 0.05) is 5.02 Å². The van der Waals surface area contributed by atoms with Gasteiger partial charge in [0.25, 0.3) is 0 Å². The maximum Gasteiger partial charge on any atom is 0.201 e. The van der Waals surface area contributed by atoms with Gasteiger partial charge >= 0.3 is 0 Å². The summed E-state index contributed by atoms with van der Waals surface area (Å²) in [5.74, 6) is 0.518. The lowest BCUT2D eigenvalue weighted by molar-refractivity contribution is 0.838. The average molecular weight is 286 g/mol. The van der Waals surface area contributed by atoms with E-state index in [0.717, 1.165) is 21.6 Å². The molecule has 0 aliphatic heterocycles. The molecule has 2 aromatic carbocycles. The molecule has 0 fully saturated rings. The minimum atomic E-state index is 0.518. The highest BCUT2D eigenvalue weighted by Crippen LogP contribution is 2.24. The third kappa shape index (κ3) is 2.14. The lowest BCUT2D eigenvalue weighted by Crippen LogP contribution is -2.05. The minimum absolute atomic E-state index is 0.518. The quantitative estimate of drug-likeness (QED) is 0.775. The molecule has 0 aliphatic carbocycles. The van der Waals surface area contributed by atoms with E-state index >= 15 is 0 Å². The lowest BCUT2D eigenvalue weighted by atomic mass is 10.1. The molecule has 3 aromatic rings. The molecule has 1 heterocycles. The molecule has 0 saturated heterocycles. The van der Waals surface area contributed by atoms with Crippen molar-refractivity contribution in [3.05, 3.63) is 58.1 Å². The summed E-state index contributed by atoms with van der Waals surface area (Å²) < 4.78 is 2.00. The van der Waals surface area contributed by atoms with E-state index in [1.54, 1.807) is 0 Å². The molecular formula is C16H16ClN3. The molecular weight excluding hydrogens is 270 g/mol. The first kappa shape index (κ1) is 13.0. The Hall–Kier alpha value is -2.00. The number of nitrogen functional groups attached to an aromatic ring is 1. The van der Waals surface area contributed by atoms with Crippen LogP contribution in [0.15, 0.2) is 36.4 Å². The number of anilines is 1. The molecule has 4 heteroatoms. The Morgan fingerprint density at radius 1 is 1.15 bits per heavy atom. The van der Waals surface area contributed by atoms with Gasteiger partial charge in [-0.3, -0.25) is 0 Å². The van der Waals surface area contributed by atoms with E-state index < -0.39 is 0 Å². The molecule has 0 aliphatic rings. The van der Waals surface area contributed by atoms with Crippen molar-refractivity contribution < 1.29 is 0 Å². The normalized spacial score (nSPS) is 11.2. The van der Waals surface area contributed by atoms with E-state index in [-0.39, 0.29) is 0 Å². The lowest BCUT2D eigenvalue weighted by Gasteiger charge is -2.09. The van der Waals surface area contributed by atoms with Gasteiger partial charge in [-0.05, 0) is 48.7 Å². The van der Waals surface area contributed by atoms with Crippen LogP contribution in [0.4, 0.5) is 5.95 Å². The molecule has 1 aromatic heterocycles. The number of hydrogen-bond donors (Lipinski definition) is 1. The Morgan fingerprint density at radius 2 is 1.85 bits per heavy atom. The molecule has 2 N–H and O–H groups in total. The number of aryl methyl sites for hydroxylation is 2. The van der Waals surface area contributed by atoms with Crippen LogP contribution in [0.25, 0.3) is 11.0 Å². The number of rotatable bonds is 2. The van der Waals surface area contributed by atoms with Gasteiger partial charge in [0.2, 0.25) is 5.95 Å². The number of nitrogens with two attached hydrogens (primary N) is 1. The monoisotopic (exact) mass is 285 g/mol. The summed E-state index contributed by atoms with van der Waals surface area (Å²) in [5.41, 5.74) is 11.5. The van der Waals surface area contributed by atoms with E-state index in [1.165, 1.54) is 11.1 Å². The van der Waals surface area contributed by atoms with Crippen LogP contribution in [0.1, 0.15) is 16.7 Å². The van der Waals surface area contributed by atoms with E-state index in [1.807, 2.05) is 28.8 Å². The molecule has 0 unspecified atom stereocenters. The van der Waals surface area contributed by atoms with Gasteiger partial charge in [-0.25, -0.2) is 4.98 Å². The molecule has 0 atom stereocenters. The summed E-state index contributed by atoms with van der Waals surface area (Å²) in [6.07, 6.45) is 0. The third-order valence-corrected chi connectivity index (χ3v) is 4.05. The Labute approximate surface area is 123 Å². The van der Waals surface area contributed by atoms with Crippen molar-refractivity contribution >= 4 is 28.6 Å². The average Bonchev–Trinajstić information content (AvgIpc) is 2.69. The van der Waals surface area contributed by atoms with Crippen LogP contribution in [0.2, 0.25) is 5.02 Å². The van der Waals surface area contributed by atoms with Crippen molar-refractivity contribution in [3.8, 4) is 0 Å². The Balaban J connectivity index is 2.14. The first-order chi connectivity index (χ1) is 9.56. The Kier molecular flexibility index (Phi) is 3.14. The molecule has 3 rings (SSSR count). The summed E-state index contributed by atoms with van der Waals surface area (Å²) in [7, 11) is 0. The van der Waals surface area contributed by atoms with Crippen molar-refractivity contribution in [2.75, 3.05) is 5.73 Å². The van der Waals surface area contributed by atoms with Crippen LogP contribution in [-0.2, 0) is 6.54 Å². The summed E-state index contributed by atoms with van der Waals surface area (Å²) in [4.78, 5) is 4.44. The number of fused-ring (bicyclic) bond motifs is 1. The SMILES string of the molecule is Cc1cc2nc(N)n(Cc3ccccc3Cl)c2cc1C. The molecule has 102 valence electrons. The summed E-state index contributed by atoms with van der Waals surface area (Å²) in [5, 5.41) is 0.748. The number of halogens is 1. The summed E-state index contributed by atoms with van der Waals surface area (Å²) >= 11 is 6.23. The van der Waals surface area contributed by atoms with Crippen molar-refractivity contribution in [2.24, 2.45) is 0 Å². The van der Waals surface area contributed by atoms with E-state index in [0.29, 0.717) is 12.5 Å². The van der Waals surface area contributed by atoms with Crippen molar-refractivity contribution in [1.82, 2.24) is 9.55 Å². The highest BCUT2D eigenvalue weighted by Gasteiger charge is 2.11. The van der Waals surface area contributed by atoms with Crippen LogP contribution >= 0.6 is 11.6 Å². The van der Waals surface area contributed by atoms with Gasteiger partial charge < -0.3 is 10.3 Å². The summed E-state index contributed by atoms with van der Waals surface area (Å²) in [6, 6.07) is 12.0. The second-order valence-electron chi connectivity index (χ2n) is 5.07. The zero-order valence-electron chi connectivity index (χ0n) is 11.5. The van der Waals surface area contributed by atoms with Gasteiger partial charge in [-0.2, -0.15) is 0 Å². The zero-order valence-corrected chi connectivity index (χ0v) is 12.3. The fourth-order valence-corrected chi connectivity index (χ4v) is 2.56. The zero-order chi connectivity index (χ0) is 14.3. The highest BCUT2D eigenvalue weighted by atomic mass is 35.5. The van der Waals surface area contributed by atoms with Crippen LogP contribution in [0.5, 0.6) is 0 Å².